The van der Waals surface area contributed by atoms with E-state index in [4.69, 9.17) is 10.5 Å². The van der Waals surface area contributed by atoms with Crippen molar-refractivity contribution in [3.8, 4) is 16.9 Å². The van der Waals surface area contributed by atoms with Crippen LogP contribution in [-0.4, -0.2) is 21.6 Å². The van der Waals surface area contributed by atoms with Crippen molar-refractivity contribution in [1.29, 1.82) is 0 Å². The van der Waals surface area contributed by atoms with Crippen LogP contribution in [0.2, 0.25) is 0 Å². The maximum atomic E-state index is 12.4. The van der Waals surface area contributed by atoms with Crippen molar-refractivity contribution in [2.24, 2.45) is 12.8 Å². The SMILES string of the molecule is COc1ccc(C(N)(c2ccc3[nH]c(=O)cc(-c4ccccc4)c3c2)c2cncn2C)cc1. The smallest absolute Gasteiger partial charge is 0.249 e. The van der Waals surface area contributed by atoms with Crippen LogP contribution in [0.25, 0.3) is 22.0 Å². The standard InChI is InChI=1S/C27H24N4O2/c1-31-17-29-16-25(31)27(28,19-8-11-21(33-2)12-9-19)20-10-13-24-23(14-20)22(15-26(32)30-24)18-6-4-3-5-7-18/h3-17H,28H2,1-2H3,(H,30,32). The van der Waals surface area contributed by atoms with Crippen molar-refractivity contribution in [2.75, 3.05) is 7.11 Å². The lowest BCUT2D eigenvalue weighted by Crippen LogP contribution is -2.40. The molecular weight excluding hydrogens is 412 g/mol. The average Bonchev–Trinajstić information content (AvgIpc) is 3.29. The van der Waals surface area contributed by atoms with Gasteiger partial charge < -0.3 is 20.0 Å². The first-order chi connectivity index (χ1) is 16.0. The van der Waals surface area contributed by atoms with Crippen molar-refractivity contribution in [2.45, 2.75) is 5.54 Å². The molecule has 6 heteroatoms. The molecule has 0 aliphatic heterocycles. The molecule has 0 amide bonds. The number of methoxy groups -OCH3 is 1. The molecule has 0 saturated heterocycles. The van der Waals surface area contributed by atoms with Crippen LogP contribution in [0.1, 0.15) is 16.8 Å². The van der Waals surface area contributed by atoms with E-state index in [0.717, 1.165) is 44.6 Å². The van der Waals surface area contributed by atoms with Crippen LogP contribution < -0.4 is 16.0 Å². The molecule has 2 aromatic heterocycles. The van der Waals surface area contributed by atoms with Gasteiger partial charge in [-0.2, -0.15) is 0 Å². The molecule has 2 heterocycles. The normalized spacial score (nSPS) is 13.1. The molecule has 3 N–H and O–H groups in total. The minimum absolute atomic E-state index is 0.144. The lowest BCUT2D eigenvalue weighted by atomic mass is 9.80. The van der Waals surface area contributed by atoms with Crippen LogP contribution in [0.3, 0.4) is 0 Å². The number of nitrogens with zero attached hydrogens (tertiary/aromatic N) is 2. The summed E-state index contributed by atoms with van der Waals surface area (Å²) in [7, 11) is 3.57. The molecule has 0 saturated carbocycles. The van der Waals surface area contributed by atoms with E-state index < -0.39 is 5.54 Å². The van der Waals surface area contributed by atoms with Gasteiger partial charge in [0.1, 0.15) is 11.3 Å². The first-order valence-corrected chi connectivity index (χ1v) is 10.6. The molecule has 0 spiro atoms. The first kappa shape index (κ1) is 20.7. The number of fused-ring (bicyclic) bond motifs is 1. The van der Waals surface area contributed by atoms with Crippen LogP contribution in [0, 0.1) is 0 Å². The number of rotatable bonds is 5. The number of hydrogen-bond donors (Lipinski definition) is 2. The fourth-order valence-corrected chi connectivity index (χ4v) is 4.41. The Morgan fingerprint density at radius 3 is 2.36 bits per heavy atom. The molecule has 0 aliphatic carbocycles. The summed E-state index contributed by atoms with van der Waals surface area (Å²) < 4.78 is 7.27. The Balaban J connectivity index is 1.79. The summed E-state index contributed by atoms with van der Waals surface area (Å²) in [6.07, 6.45) is 3.54. The molecule has 6 nitrogen and oxygen atoms in total. The van der Waals surface area contributed by atoms with E-state index in [1.165, 1.54) is 0 Å². The zero-order valence-corrected chi connectivity index (χ0v) is 18.4. The van der Waals surface area contributed by atoms with Crippen molar-refractivity contribution in [3.63, 3.8) is 0 Å². The van der Waals surface area contributed by atoms with Gasteiger partial charge in [-0.3, -0.25) is 4.79 Å². The molecule has 33 heavy (non-hydrogen) atoms. The Hall–Kier alpha value is -4.16. The van der Waals surface area contributed by atoms with Gasteiger partial charge in [-0.15, -0.1) is 0 Å². The van der Waals surface area contributed by atoms with Gasteiger partial charge in [0.05, 0.1) is 25.3 Å². The molecule has 0 radical (unpaired) electrons. The molecule has 0 bridgehead atoms. The van der Waals surface area contributed by atoms with E-state index in [9.17, 15) is 4.79 Å². The third-order valence-corrected chi connectivity index (χ3v) is 6.15. The number of H-pyrrole nitrogens is 1. The number of pyridine rings is 1. The Morgan fingerprint density at radius 2 is 1.70 bits per heavy atom. The lowest BCUT2D eigenvalue weighted by molar-refractivity contribution is 0.414. The van der Waals surface area contributed by atoms with E-state index in [1.807, 2.05) is 78.3 Å². The Kier molecular flexibility index (Phi) is 5.07. The molecule has 0 fully saturated rings. The van der Waals surface area contributed by atoms with Crippen molar-refractivity contribution < 1.29 is 4.74 Å². The predicted molar refractivity (Wildman–Crippen MR) is 130 cm³/mol. The summed E-state index contributed by atoms with van der Waals surface area (Å²) in [5.41, 5.74) is 11.3. The van der Waals surface area contributed by atoms with Gasteiger partial charge >= 0.3 is 0 Å². The second-order valence-electron chi connectivity index (χ2n) is 8.10. The van der Waals surface area contributed by atoms with Crippen LogP contribution >= 0.6 is 0 Å². The highest BCUT2D eigenvalue weighted by molar-refractivity contribution is 5.95. The quantitative estimate of drug-likeness (QED) is 0.433. The number of nitrogens with one attached hydrogen (secondary N) is 1. The second kappa shape index (κ2) is 8.07. The zero-order chi connectivity index (χ0) is 23.0. The first-order valence-electron chi connectivity index (χ1n) is 10.6. The third-order valence-electron chi connectivity index (χ3n) is 6.15. The van der Waals surface area contributed by atoms with Crippen LogP contribution in [0.5, 0.6) is 5.75 Å². The number of aromatic amines is 1. The second-order valence-corrected chi connectivity index (χ2v) is 8.10. The Bertz CT molecular complexity index is 1490. The summed E-state index contributed by atoms with van der Waals surface area (Å²) in [5, 5.41) is 0.920. The monoisotopic (exact) mass is 436 g/mol. The zero-order valence-electron chi connectivity index (χ0n) is 18.4. The minimum atomic E-state index is -0.976. The highest BCUT2D eigenvalue weighted by atomic mass is 16.5. The minimum Gasteiger partial charge on any atom is -0.497 e. The van der Waals surface area contributed by atoms with Gasteiger partial charge in [-0.1, -0.05) is 48.5 Å². The van der Waals surface area contributed by atoms with E-state index in [1.54, 1.807) is 25.7 Å². The Morgan fingerprint density at radius 1 is 0.970 bits per heavy atom. The fraction of sp³-hybridized carbons (Fsp3) is 0.111. The average molecular weight is 437 g/mol. The van der Waals surface area contributed by atoms with E-state index >= 15 is 0 Å². The number of benzene rings is 3. The molecular formula is C27H24N4O2. The van der Waals surface area contributed by atoms with Crippen LogP contribution in [0.4, 0.5) is 0 Å². The van der Waals surface area contributed by atoms with Crippen molar-refractivity contribution >= 4 is 10.9 Å². The molecule has 0 aliphatic rings. The predicted octanol–water partition coefficient (Wildman–Crippen LogP) is 4.19. The number of aryl methyl sites for hydroxylation is 1. The Labute approximate surface area is 191 Å². The highest BCUT2D eigenvalue weighted by Gasteiger charge is 2.35. The largest absolute Gasteiger partial charge is 0.497 e. The van der Waals surface area contributed by atoms with Crippen molar-refractivity contribution in [1.82, 2.24) is 14.5 Å². The summed E-state index contributed by atoms with van der Waals surface area (Å²) in [6.45, 7) is 0. The third kappa shape index (κ3) is 3.50. The molecule has 164 valence electrons. The summed E-state index contributed by atoms with van der Waals surface area (Å²) >= 11 is 0. The van der Waals surface area contributed by atoms with E-state index in [-0.39, 0.29) is 5.56 Å². The maximum absolute atomic E-state index is 12.4. The van der Waals surface area contributed by atoms with Gasteiger partial charge in [0.15, 0.2) is 0 Å². The number of ether oxygens (including phenoxy) is 1. The molecule has 5 rings (SSSR count). The van der Waals surface area contributed by atoms with Crippen LogP contribution in [-0.2, 0) is 12.6 Å². The van der Waals surface area contributed by atoms with Gasteiger partial charge in [-0.25, -0.2) is 4.98 Å². The van der Waals surface area contributed by atoms with E-state index in [0.29, 0.717) is 0 Å². The number of imidazole rings is 1. The van der Waals surface area contributed by atoms with Gasteiger partial charge in [-0.05, 0) is 46.5 Å². The van der Waals surface area contributed by atoms with E-state index in [2.05, 4.69) is 16.0 Å². The van der Waals surface area contributed by atoms with Crippen LogP contribution in [0.15, 0.2) is 96.2 Å². The fourth-order valence-electron chi connectivity index (χ4n) is 4.41. The lowest BCUT2D eigenvalue weighted by Gasteiger charge is -2.31. The van der Waals surface area contributed by atoms with Crippen molar-refractivity contribution in [3.05, 3.63) is 119 Å². The highest BCUT2D eigenvalue weighted by Crippen LogP contribution is 2.37. The number of hydrogen-bond acceptors (Lipinski definition) is 4. The number of aromatic nitrogens is 3. The number of nitrogens with two attached hydrogens (primary N) is 1. The molecule has 5 aromatic rings. The molecule has 1 unspecified atom stereocenters. The summed E-state index contributed by atoms with van der Waals surface area (Å²) in [6, 6.07) is 25.2. The van der Waals surface area contributed by atoms with Gasteiger partial charge in [0, 0.05) is 24.0 Å². The summed E-state index contributed by atoms with van der Waals surface area (Å²) in [5.74, 6) is 0.758. The topological polar surface area (TPSA) is 85.9 Å². The van der Waals surface area contributed by atoms with Gasteiger partial charge in [0.25, 0.3) is 0 Å². The maximum Gasteiger partial charge on any atom is 0.249 e. The molecule has 3 aromatic carbocycles. The summed E-state index contributed by atoms with van der Waals surface area (Å²) in [4.78, 5) is 19.6. The van der Waals surface area contributed by atoms with Gasteiger partial charge in [0.2, 0.25) is 5.56 Å². The molecule has 1 atom stereocenters.